The van der Waals surface area contributed by atoms with Crippen LogP contribution in [-0.2, 0) is 11.2 Å². The van der Waals surface area contributed by atoms with Crippen molar-refractivity contribution in [3.05, 3.63) is 28.8 Å². The van der Waals surface area contributed by atoms with E-state index in [0.29, 0.717) is 6.42 Å². The summed E-state index contributed by atoms with van der Waals surface area (Å²) in [6.07, 6.45) is 0.437. The fourth-order valence-corrected chi connectivity index (χ4v) is 2.74. The molecule has 0 spiro atoms. The molecular formula is C12H11N3OS. The molecule has 1 aromatic carbocycles. The second-order valence-corrected chi connectivity index (χ2v) is 5.28. The van der Waals surface area contributed by atoms with Gasteiger partial charge in [0, 0.05) is 11.3 Å². The van der Waals surface area contributed by atoms with E-state index in [1.807, 2.05) is 25.1 Å². The molecular weight excluding hydrogens is 234 g/mol. The molecule has 2 heterocycles. The van der Waals surface area contributed by atoms with E-state index in [1.165, 1.54) is 11.3 Å². The van der Waals surface area contributed by atoms with Gasteiger partial charge in [0.25, 0.3) is 0 Å². The van der Waals surface area contributed by atoms with Crippen LogP contribution in [0.5, 0.6) is 0 Å². The minimum Gasteiger partial charge on any atom is -0.389 e. The van der Waals surface area contributed by atoms with Gasteiger partial charge in [0.2, 0.25) is 5.91 Å². The standard InChI is InChI=1S/C12H11N3OS/c1-6-14-11(12(13)17-6)7-2-3-9-8(4-7)5-10(16)15-9/h2-4H,5,13H2,1H3,(H,15,16). The molecule has 1 amide bonds. The maximum absolute atomic E-state index is 11.3. The number of aromatic nitrogens is 1. The average molecular weight is 245 g/mol. The molecule has 0 radical (unpaired) electrons. The molecule has 5 heteroatoms. The Hall–Kier alpha value is -1.88. The molecule has 0 saturated heterocycles. The molecule has 0 bridgehead atoms. The molecule has 1 aromatic heterocycles. The highest BCUT2D eigenvalue weighted by molar-refractivity contribution is 7.16. The van der Waals surface area contributed by atoms with Gasteiger partial charge >= 0.3 is 0 Å². The van der Waals surface area contributed by atoms with Crippen molar-refractivity contribution in [2.24, 2.45) is 0 Å². The highest BCUT2D eigenvalue weighted by Gasteiger charge is 2.19. The van der Waals surface area contributed by atoms with Gasteiger partial charge in [-0.25, -0.2) is 4.98 Å². The zero-order valence-electron chi connectivity index (χ0n) is 9.28. The van der Waals surface area contributed by atoms with Crippen molar-refractivity contribution in [1.29, 1.82) is 0 Å². The van der Waals surface area contributed by atoms with Crippen LogP contribution < -0.4 is 11.1 Å². The van der Waals surface area contributed by atoms with Crippen LogP contribution >= 0.6 is 11.3 Å². The lowest BCUT2D eigenvalue weighted by molar-refractivity contribution is -0.115. The minimum atomic E-state index is 0.0413. The highest BCUT2D eigenvalue weighted by atomic mass is 32.1. The molecule has 17 heavy (non-hydrogen) atoms. The summed E-state index contributed by atoms with van der Waals surface area (Å²) < 4.78 is 0. The normalized spacial score (nSPS) is 13.6. The maximum atomic E-state index is 11.3. The summed E-state index contributed by atoms with van der Waals surface area (Å²) in [6.45, 7) is 1.93. The Morgan fingerprint density at radius 1 is 1.47 bits per heavy atom. The Morgan fingerprint density at radius 2 is 2.29 bits per heavy atom. The molecule has 3 rings (SSSR count). The first-order valence-corrected chi connectivity index (χ1v) is 6.11. The van der Waals surface area contributed by atoms with Crippen LogP contribution in [0, 0.1) is 6.92 Å². The summed E-state index contributed by atoms with van der Waals surface area (Å²) >= 11 is 1.48. The van der Waals surface area contributed by atoms with Gasteiger partial charge in [-0.3, -0.25) is 4.79 Å². The SMILES string of the molecule is Cc1nc(-c2ccc3c(c2)CC(=O)N3)c(N)s1. The Bertz CT molecular complexity index is 618. The topological polar surface area (TPSA) is 68.0 Å². The first kappa shape index (κ1) is 10.3. The first-order valence-electron chi connectivity index (χ1n) is 5.29. The van der Waals surface area contributed by atoms with Crippen molar-refractivity contribution >= 4 is 27.9 Å². The number of benzene rings is 1. The molecule has 4 nitrogen and oxygen atoms in total. The van der Waals surface area contributed by atoms with Crippen LogP contribution in [0.1, 0.15) is 10.6 Å². The number of thiazole rings is 1. The van der Waals surface area contributed by atoms with Crippen molar-refractivity contribution in [2.45, 2.75) is 13.3 Å². The lowest BCUT2D eigenvalue weighted by atomic mass is 10.1. The number of aryl methyl sites for hydroxylation is 1. The van der Waals surface area contributed by atoms with Gasteiger partial charge in [0.15, 0.2) is 0 Å². The smallest absolute Gasteiger partial charge is 0.228 e. The van der Waals surface area contributed by atoms with Gasteiger partial charge in [-0.15, -0.1) is 11.3 Å². The van der Waals surface area contributed by atoms with Crippen LogP contribution in [0.25, 0.3) is 11.3 Å². The second-order valence-electron chi connectivity index (χ2n) is 4.04. The number of carbonyl (C=O) groups excluding carboxylic acids is 1. The van der Waals surface area contributed by atoms with E-state index in [1.54, 1.807) is 0 Å². The van der Waals surface area contributed by atoms with Gasteiger partial charge in [-0.2, -0.15) is 0 Å². The summed E-state index contributed by atoms with van der Waals surface area (Å²) in [7, 11) is 0. The zero-order valence-corrected chi connectivity index (χ0v) is 10.1. The largest absolute Gasteiger partial charge is 0.389 e. The van der Waals surface area contributed by atoms with E-state index in [-0.39, 0.29) is 5.91 Å². The van der Waals surface area contributed by atoms with Gasteiger partial charge in [-0.1, -0.05) is 6.07 Å². The Kier molecular flexibility index (Phi) is 2.16. The van der Waals surface area contributed by atoms with Crippen molar-refractivity contribution < 1.29 is 4.79 Å². The van der Waals surface area contributed by atoms with E-state index in [4.69, 9.17) is 5.73 Å². The van der Waals surface area contributed by atoms with Gasteiger partial charge in [0.1, 0.15) is 10.7 Å². The van der Waals surface area contributed by atoms with Crippen LogP contribution in [0.4, 0.5) is 10.7 Å². The first-order chi connectivity index (χ1) is 8.13. The third-order valence-corrected chi connectivity index (χ3v) is 3.56. The molecule has 1 aliphatic heterocycles. The average Bonchev–Trinajstić information content (AvgIpc) is 2.78. The lowest BCUT2D eigenvalue weighted by Crippen LogP contribution is -2.03. The Morgan fingerprint density at radius 3 is 3.00 bits per heavy atom. The third-order valence-electron chi connectivity index (χ3n) is 2.76. The summed E-state index contributed by atoms with van der Waals surface area (Å²) in [4.78, 5) is 15.7. The summed E-state index contributed by atoms with van der Waals surface area (Å²) in [5.41, 5.74) is 9.61. The molecule has 2 aromatic rings. The Balaban J connectivity index is 2.09. The Labute approximate surface area is 102 Å². The minimum absolute atomic E-state index is 0.0413. The monoisotopic (exact) mass is 245 g/mol. The molecule has 3 N–H and O–H groups in total. The quantitative estimate of drug-likeness (QED) is 0.809. The van der Waals surface area contributed by atoms with Gasteiger partial charge in [-0.05, 0) is 24.6 Å². The number of hydrogen-bond acceptors (Lipinski definition) is 4. The lowest BCUT2D eigenvalue weighted by Gasteiger charge is -2.02. The molecule has 1 aliphatic rings. The van der Waals surface area contributed by atoms with Crippen molar-refractivity contribution in [2.75, 3.05) is 11.1 Å². The molecule has 0 saturated carbocycles. The molecule has 0 atom stereocenters. The van der Waals surface area contributed by atoms with E-state index in [9.17, 15) is 4.79 Å². The van der Waals surface area contributed by atoms with Gasteiger partial charge < -0.3 is 11.1 Å². The molecule has 0 unspecified atom stereocenters. The van der Waals surface area contributed by atoms with Crippen LogP contribution in [-0.4, -0.2) is 10.9 Å². The van der Waals surface area contributed by atoms with E-state index in [0.717, 1.165) is 32.5 Å². The summed E-state index contributed by atoms with van der Waals surface area (Å²) in [5.74, 6) is 0.0413. The van der Waals surface area contributed by atoms with E-state index >= 15 is 0 Å². The number of amides is 1. The zero-order chi connectivity index (χ0) is 12.0. The predicted octanol–water partition coefficient (Wildman–Crippen LogP) is 2.20. The van der Waals surface area contributed by atoms with Crippen LogP contribution in [0.2, 0.25) is 0 Å². The predicted molar refractivity (Wildman–Crippen MR) is 69.0 cm³/mol. The number of anilines is 2. The number of carbonyl (C=O) groups is 1. The van der Waals surface area contributed by atoms with E-state index in [2.05, 4.69) is 10.3 Å². The van der Waals surface area contributed by atoms with Crippen LogP contribution in [0.15, 0.2) is 18.2 Å². The summed E-state index contributed by atoms with van der Waals surface area (Å²) in [6, 6.07) is 5.83. The third kappa shape index (κ3) is 1.68. The number of nitrogens with one attached hydrogen (secondary N) is 1. The molecule has 86 valence electrons. The number of nitrogens with two attached hydrogens (primary N) is 1. The van der Waals surface area contributed by atoms with Crippen molar-refractivity contribution in [3.63, 3.8) is 0 Å². The molecule has 0 aliphatic carbocycles. The van der Waals surface area contributed by atoms with Gasteiger partial charge in [0.05, 0.1) is 11.4 Å². The van der Waals surface area contributed by atoms with E-state index < -0.39 is 0 Å². The number of nitrogen functional groups attached to an aromatic ring is 1. The fraction of sp³-hybridized carbons (Fsp3) is 0.167. The number of hydrogen-bond donors (Lipinski definition) is 2. The molecule has 0 fully saturated rings. The number of nitrogens with zero attached hydrogens (tertiary/aromatic N) is 1. The van der Waals surface area contributed by atoms with Crippen molar-refractivity contribution in [1.82, 2.24) is 4.98 Å². The van der Waals surface area contributed by atoms with Crippen LogP contribution in [0.3, 0.4) is 0 Å². The number of fused-ring (bicyclic) bond motifs is 1. The summed E-state index contributed by atoms with van der Waals surface area (Å²) in [5, 5.41) is 4.48. The number of rotatable bonds is 1. The fourth-order valence-electron chi connectivity index (χ4n) is 2.03. The maximum Gasteiger partial charge on any atom is 0.228 e. The second kappa shape index (κ2) is 3.56. The highest BCUT2D eigenvalue weighted by Crippen LogP contribution is 2.33. The van der Waals surface area contributed by atoms with Crippen molar-refractivity contribution in [3.8, 4) is 11.3 Å².